The van der Waals surface area contributed by atoms with Crippen LogP contribution in [0, 0.1) is 10.1 Å². The summed E-state index contributed by atoms with van der Waals surface area (Å²) in [4.78, 5) is 10.3. The van der Waals surface area contributed by atoms with E-state index in [2.05, 4.69) is 15.5 Å². The Kier molecular flexibility index (Phi) is 3.89. The zero-order chi connectivity index (χ0) is 15.6. The molecule has 1 N–H and O–H groups in total. The SMILES string of the molecule is Cn1cnnc1CNc1ccc(S(C)(=O)=O)cc1[N+](=O)[O-]. The summed E-state index contributed by atoms with van der Waals surface area (Å²) in [7, 11) is -1.75. The summed E-state index contributed by atoms with van der Waals surface area (Å²) >= 11 is 0. The van der Waals surface area contributed by atoms with Crippen LogP contribution in [0.4, 0.5) is 11.4 Å². The van der Waals surface area contributed by atoms with Crippen molar-refractivity contribution in [3.63, 3.8) is 0 Å². The third kappa shape index (κ3) is 3.34. The van der Waals surface area contributed by atoms with Crippen molar-refractivity contribution in [2.45, 2.75) is 11.4 Å². The normalized spacial score (nSPS) is 11.3. The van der Waals surface area contributed by atoms with Gasteiger partial charge in [0, 0.05) is 19.4 Å². The second-order valence-electron chi connectivity index (χ2n) is 4.42. The molecule has 9 nitrogen and oxygen atoms in total. The second-order valence-corrected chi connectivity index (χ2v) is 6.44. The highest BCUT2D eigenvalue weighted by Crippen LogP contribution is 2.27. The Bertz CT molecular complexity index is 784. The zero-order valence-electron chi connectivity index (χ0n) is 11.3. The number of anilines is 1. The monoisotopic (exact) mass is 311 g/mol. The van der Waals surface area contributed by atoms with E-state index in [-0.39, 0.29) is 22.8 Å². The molecule has 0 radical (unpaired) electrons. The molecule has 112 valence electrons. The van der Waals surface area contributed by atoms with E-state index >= 15 is 0 Å². The number of benzene rings is 1. The lowest BCUT2D eigenvalue weighted by Crippen LogP contribution is -2.08. The number of hydrogen-bond donors (Lipinski definition) is 1. The number of nitro groups is 1. The number of hydrogen-bond acceptors (Lipinski definition) is 7. The molecule has 0 saturated carbocycles. The van der Waals surface area contributed by atoms with Crippen molar-refractivity contribution in [3.8, 4) is 0 Å². The predicted octanol–water partition coefficient (Wildman–Crippen LogP) is 0.739. The largest absolute Gasteiger partial charge is 0.372 e. The van der Waals surface area contributed by atoms with Crippen molar-refractivity contribution in [3.05, 3.63) is 40.5 Å². The van der Waals surface area contributed by atoms with Gasteiger partial charge in [0.15, 0.2) is 15.7 Å². The van der Waals surface area contributed by atoms with Crippen LogP contribution < -0.4 is 5.32 Å². The summed E-state index contributed by atoms with van der Waals surface area (Å²) in [5.74, 6) is 0.594. The molecule has 21 heavy (non-hydrogen) atoms. The predicted molar refractivity (Wildman–Crippen MR) is 74.5 cm³/mol. The van der Waals surface area contributed by atoms with Crippen LogP contribution in [0.2, 0.25) is 0 Å². The minimum atomic E-state index is -3.50. The van der Waals surface area contributed by atoms with Crippen molar-refractivity contribution in [2.24, 2.45) is 7.05 Å². The Morgan fingerprint density at radius 3 is 2.67 bits per heavy atom. The van der Waals surface area contributed by atoms with Gasteiger partial charge < -0.3 is 9.88 Å². The summed E-state index contributed by atoms with van der Waals surface area (Å²) < 4.78 is 24.6. The molecule has 0 fully saturated rings. The van der Waals surface area contributed by atoms with Crippen molar-refractivity contribution in [1.29, 1.82) is 0 Å². The van der Waals surface area contributed by atoms with E-state index in [1.165, 1.54) is 18.5 Å². The van der Waals surface area contributed by atoms with Gasteiger partial charge in [0.1, 0.15) is 12.0 Å². The quantitative estimate of drug-likeness (QED) is 0.638. The Labute approximate surface area is 120 Å². The Morgan fingerprint density at radius 2 is 2.14 bits per heavy atom. The topological polar surface area (TPSA) is 120 Å². The molecule has 0 bridgehead atoms. The van der Waals surface area contributed by atoms with Gasteiger partial charge in [-0.25, -0.2) is 8.42 Å². The highest BCUT2D eigenvalue weighted by Gasteiger charge is 2.18. The Morgan fingerprint density at radius 1 is 1.43 bits per heavy atom. The average Bonchev–Trinajstić information content (AvgIpc) is 2.80. The fourth-order valence-corrected chi connectivity index (χ4v) is 2.33. The first-order valence-electron chi connectivity index (χ1n) is 5.84. The summed E-state index contributed by atoms with van der Waals surface area (Å²) in [6.45, 7) is 0.232. The van der Waals surface area contributed by atoms with Gasteiger partial charge in [0.2, 0.25) is 0 Å². The van der Waals surface area contributed by atoms with Gasteiger partial charge in [0.05, 0.1) is 16.4 Å². The van der Waals surface area contributed by atoms with E-state index in [1.54, 1.807) is 11.6 Å². The van der Waals surface area contributed by atoms with Crippen molar-refractivity contribution < 1.29 is 13.3 Å². The third-order valence-corrected chi connectivity index (χ3v) is 3.95. The van der Waals surface area contributed by atoms with E-state index in [0.29, 0.717) is 5.82 Å². The van der Waals surface area contributed by atoms with Crippen LogP contribution in [-0.4, -0.2) is 34.4 Å². The van der Waals surface area contributed by atoms with Crippen LogP contribution in [0.3, 0.4) is 0 Å². The summed E-state index contributed by atoms with van der Waals surface area (Å²) in [5, 5.41) is 21.5. The molecule has 0 aliphatic rings. The molecule has 0 spiro atoms. The lowest BCUT2D eigenvalue weighted by molar-refractivity contribution is -0.384. The van der Waals surface area contributed by atoms with Gasteiger partial charge in [-0.05, 0) is 12.1 Å². The van der Waals surface area contributed by atoms with Gasteiger partial charge in [-0.15, -0.1) is 10.2 Å². The van der Waals surface area contributed by atoms with Crippen LogP contribution in [-0.2, 0) is 23.4 Å². The second kappa shape index (κ2) is 5.48. The van der Waals surface area contributed by atoms with Crippen molar-refractivity contribution in [1.82, 2.24) is 14.8 Å². The fourth-order valence-electron chi connectivity index (χ4n) is 1.68. The highest BCUT2D eigenvalue weighted by molar-refractivity contribution is 7.90. The van der Waals surface area contributed by atoms with Gasteiger partial charge in [-0.1, -0.05) is 0 Å². The molecule has 0 atom stereocenters. The molecule has 0 saturated heterocycles. The lowest BCUT2D eigenvalue weighted by atomic mass is 10.2. The molecule has 0 amide bonds. The van der Waals surface area contributed by atoms with Gasteiger partial charge in [-0.2, -0.15) is 0 Å². The molecule has 1 heterocycles. The molecule has 2 rings (SSSR count). The molecular formula is C11H13N5O4S. The summed E-state index contributed by atoms with van der Waals surface area (Å²) in [6, 6.07) is 3.72. The molecule has 0 unspecified atom stereocenters. The minimum Gasteiger partial charge on any atom is -0.372 e. The standard InChI is InChI=1S/C11H13N5O4S/c1-15-7-13-14-11(15)6-12-9-4-3-8(21(2,19)20)5-10(9)16(17)18/h3-5,7,12H,6H2,1-2H3. The molecular weight excluding hydrogens is 298 g/mol. The lowest BCUT2D eigenvalue weighted by Gasteiger charge is -2.07. The number of nitrogens with one attached hydrogen (secondary N) is 1. The first-order valence-corrected chi connectivity index (χ1v) is 7.73. The fraction of sp³-hybridized carbons (Fsp3) is 0.273. The van der Waals surface area contributed by atoms with Crippen molar-refractivity contribution in [2.75, 3.05) is 11.6 Å². The van der Waals surface area contributed by atoms with Crippen LogP contribution in [0.5, 0.6) is 0 Å². The highest BCUT2D eigenvalue weighted by atomic mass is 32.2. The van der Waals surface area contributed by atoms with Crippen LogP contribution in [0.25, 0.3) is 0 Å². The van der Waals surface area contributed by atoms with E-state index in [9.17, 15) is 18.5 Å². The number of rotatable bonds is 5. The number of aryl methyl sites for hydroxylation is 1. The summed E-state index contributed by atoms with van der Waals surface area (Å²) in [6.07, 6.45) is 2.51. The third-order valence-electron chi connectivity index (χ3n) is 2.84. The smallest absolute Gasteiger partial charge is 0.293 e. The number of nitrogens with zero attached hydrogens (tertiary/aromatic N) is 4. The van der Waals surface area contributed by atoms with Gasteiger partial charge >= 0.3 is 0 Å². The maximum absolute atomic E-state index is 11.4. The van der Waals surface area contributed by atoms with Gasteiger partial charge in [0.25, 0.3) is 5.69 Å². The van der Waals surface area contributed by atoms with Gasteiger partial charge in [-0.3, -0.25) is 10.1 Å². The molecule has 0 aliphatic heterocycles. The van der Waals surface area contributed by atoms with Crippen LogP contribution in [0.1, 0.15) is 5.82 Å². The summed E-state index contributed by atoms with van der Waals surface area (Å²) in [5.41, 5.74) is -0.0875. The number of sulfone groups is 1. The maximum Gasteiger partial charge on any atom is 0.293 e. The van der Waals surface area contributed by atoms with Crippen molar-refractivity contribution >= 4 is 21.2 Å². The molecule has 10 heteroatoms. The Hall–Kier alpha value is -2.49. The first kappa shape index (κ1) is 14.9. The molecule has 2 aromatic rings. The van der Waals surface area contributed by atoms with E-state index in [0.717, 1.165) is 12.3 Å². The number of aromatic nitrogens is 3. The molecule has 1 aromatic heterocycles. The maximum atomic E-state index is 11.4. The van der Waals surface area contributed by atoms with Crippen LogP contribution in [0.15, 0.2) is 29.4 Å². The van der Waals surface area contributed by atoms with E-state index < -0.39 is 14.8 Å². The zero-order valence-corrected chi connectivity index (χ0v) is 12.2. The van der Waals surface area contributed by atoms with E-state index in [4.69, 9.17) is 0 Å². The molecule has 1 aromatic carbocycles. The van der Waals surface area contributed by atoms with Crippen LogP contribution >= 0.6 is 0 Å². The average molecular weight is 311 g/mol. The molecule has 0 aliphatic carbocycles. The Balaban J connectivity index is 2.31. The number of nitro benzene ring substituents is 1. The van der Waals surface area contributed by atoms with E-state index in [1.807, 2.05) is 0 Å². The first-order chi connectivity index (χ1) is 9.79. The minimum absolute atomic E-state index is 0.0987.